The van der Waals surface area contributed by atoms with Crippen LogP contribution in [-0.4, -0.2) is 24.2 Å². The first-order valence-electron chi connectivity index (χ1n) is 5.36. The Kier molecular flexibility index (Phi) is 3.14. The van der Waals surface area contributed by atoms with Gasteiger partial charge in [0.15, 0.2) is 0 Å². The molecular weight excluding hydrogens is 232 g/mol. The molecule has 3 N–H and O–H groups in total. The van der Waals surface area contributed by atoms with Gasteiger partial charge in [0.25, 0.3) is 0 Å². The molecule has 2 aromatic rings. The Labute approximate surface area is 103 Å². The summed E-state index contributed by atoms with van der Waals surface area (Å²) in [5.74, 6) is -1.08. The molecule has 0 spiro atoms. The van der Waals surface area contributed by atoms with Crippen LogP contribution in [0.5, 0.6) is 0 Å². The number of carboxylic acids is 1. The third-order valence-corrected chi connectivity index (χ3v) is 2.59. The van der Waals surface area contributed by atoms with E-state index in [2.05, 4.69) is 10.6 Å². The maximum absolute atomic E-state index is 11.3. The molecule has 2 amide bonds. The Morgan fingerprint density at radius 2 is 1.72 bits per heavy atom. The summed E-state index contributed by atoms with van der Waals surface area (Å²) in [7, 11) is 1.47. The first-order valence-corrected chi connectivity index (χ1v) is 5.36. The average Bonchev–Trinajstić information content (AvgIpc) is 2.37. The van der Waals surface area contributed by atoms with Gasteiger partial charge in [0.1, 0.15) is 0 Å². The number of carbonyl (C=O) groups excluding carboxylic acids is 1. The Morgan fingerprint density at radius 3 is 2.28 bits per heavy atom. The van der Waals surface area contributed by atoms with Gasteiger partial charge in [0.05, 0.1) is 11.3 Å². The van der Waals surface area contributed by atoms with Gasteiger partial charge in [-0.05, 0) is 22.9 Å². The molecule has 0 aliphatic heterocycles. The van der Waals surface area contributed by atoms with Crippen molar-refractivity contribution in [2.24, 2.45) is 0 Å². The number of rotatable bonds is 2. The predicted octanol–water partition coefficient (Wildman–Crippen LogP) is 2.29. The van der Waals surface area contributed by atoms with E-state index in [1.54, 1.807) is 12.1 Å². The molecule has 0 saturated carbocycles. The third kappa shape index (κ3) is 2.24. The second-order valence-corrected chi connectivity index (χ2v) is 3.75. The lowest BCUT2D eigenvalue weighted by molar-refractivity contribution is 0.0698. The summed E-state index contributed by atoms with van der Waals surface area (Å²) in [6.45, 7) is 0. The van der Waals surface area contributed by atoms with Crippen molar-refractivity contribution in [1.29, 1.82) is 0 Å². The molecule has 18 heavy (non-hydrogen) atoms. The smallest absolute Gasteiger partial charge is 0.337 e. The van der Waals surface area contributed by atoms with Crippen LogP contribution in [0.4, 0.5) is 10.5 Å². The fourth-order valence-electron chi connectivity index (χ4n) is 1.71. The lowest BCUT2D eigenvalue weighted by Gasteiger charge is -2.09. The number of nitrogens with one attached hydrogen (secondary N) is 2. The van der Waals surface area contributed by atoms with E-state index in [0.29, 0.717) is 0 Å². The summed E-state index contributed by atoms with van der Waals surface area (Å²) in [6, 6.07) is 10.1. The normalized spacial score (nSPS) is 10.1. The van der Waals surface area contributed by atoms with E-state index in [4.69, 9.17) is 5.11 Å². The molecule has 92 valence electrons. The summed E-state index contributed by atoms with van der Waals surface area (Å²) < 4.78 is 0. The zero-order valence-corrected chi connectivity index (χ0v) is 9.73. The first kappa shape index (κ1) is 11.9. The number of hydrogen-bond donors (Lipinski definition) is 3. The van der Waals surface area contributed by atoms with Crippen molar-refractivity contribution in [3.63, 3.8) is 0 Å². The number of aromatic carboxylic acids is 1. The lowest BCUT2D eigenvalue weighted by atomic mass is 10.0. The van der Waals surface area contributed by atoms with Crippen molar-refractivity contribution in [1.82, 2.24) is 5.32 Å². The van der Waals surface area contributed by atoms with Gasteiger partial charge < -0.3 is 15.7 Å². The highest BCUT2D eigenvalue weighted by atomic mass is 16.4. The number of carbonyl (C=O) groups is 2. The fourth-order valence-corrected chi connectivity index (χ4v) is 1.71. The van der Waals surface area contributed by atoms with E-state index in [-0.39, 0.29) is 11.3 Å². The van der Waals surface area contributed by atoms with Gasteiger partial charge in [-0.25, -0.2) is 9.59 Å². The van der Waals surface area contributed by atoms with Crippen LogP contribution in [0.2, 0.25) is 0 Å². The van der Waals surface area contributed by atoms with Gasteiger partial charge in [0.2, 0.25) is 0 Å². The van der Waals surface area contributed by atoms with Crippen LogP contribution in [0.1, 0.15) is 10.4 Å². The van der Waals surface area contributed by atoms with Crippen LogP contribution in [0.15, 0.2) is 36.4 Å². The van der Waals surface area contributed by atoms with Crippen molar-refractivity contribution < 1.29 is 14.7 Å². The van der Waals surface area contributed by atoms with Crippen molar-refractivity contribution in [3.8, 4) is 0 Å². The molecule has 0 aliphatic carbocycles. The highest BCUT2D eigenvalue weighted by molar-refractivity contribution is 6.04. The van der Waals surface area contributed by atoms with Gasteiger partial charge in [-0.1, -0.05) is 24.3 Å². The molecule has 0 atom stereocenters. The molecule has 0 aromatic heterocycles. The van der Waals surface area contributed by atoms with Crippen molar-refractivity contribution in [2.45, 2.75) is 0 Å². The van der Waals surface area contributed by atoms with Crippen LogP contribution in [0, 0.1) is 0 Å². The van der Waals surface area contributed by atoms with E-state index in [9.17, 15) is 9.59 Å². The molecule has 2 aromatic carbocycles. The maximum Gasteiger partial charge on any atom is 0.337 e. The van der Waals surface area contributed by atoms with Gasteiger partial charge in [-0.3, -0.25) is 0 Å². The highest BCUT2D eigenvalue weighted by Crippen LogP contribution is 2.24. The van der Waals surface area contributed by atoms with E-state index >= 15 is 0 Å². The van der Waals surface area contributed by atoms with E-state index in [1.165, 1.54) is 7.05 Å². The summed E-state index contributed by atoms with van der Waals surface area (Å²) in [5.41, 5.74) is 0.345. The molecule has 0 unspecified atom stereocenters. The molecular formula is C13H12N2O3. The number of fused-ring (bicyclic) bond motifs is 1. The zero-order chi connectivity index (χ0) is 13.1. The van der Waals surface area contributed by atoms with Crippen LogP contribution < -0.4 is 10.6 Å². The van der Waals surface area contributed by atoms with Gasteiger partial charge >= 0.3 is 12.0 Å². The third-order valence-electron chi connectivity index (χ3n) is 2.59. The van der Waals surface area contributed by atoms with Crippen molar-refractivity contribution in [2.75, 3.05) is 12.4 Å². The van der Waals surface area contributed by atoms with Crippen LogP contribution in [-0.2, 0) is 0 Å². The molecule has 0 aliphatic rings. The molecule has 5 nitrogen and oxygen atoms in total. The van der Waals surface area contributed by atoms with E-state index in [1.807, 2.05) is 24.3 Å². The van der Waals surface area contributed by atoms with E-state index in [0.717, 1.165) is 10.8 Å². The topological polar surface area (TPSA) is 78.4 Å². The van der Waals surface area contributed by atoms with E-state index < -0.39 is 12.0 Å². The second-order valence-electron chi connectivity index (χ2n) is 3.75. The van der Waals surface area contributed by atoms with Crippen LogP contribution >= 0.6 is 0 Å². The summed E-state index contributed by atoms with van der Waals surface area (Å²) in [4.78, 5) is 22.4. The number of hydrogen-bond acceptors (Lipinski definition) is 2. The SMILES string of the molecule is CNC(=O)Nc1cc2ccccc2cc1C(=O)O. The van der Waals surface area contributed by atoms with Crippen LogP contribution in [0.25, 0.3) is 10.8 Å². The first-order chi connectivity index (χ1) is 8.61. The predicted molar refractivity (Wildman–Crippen MR) is 69.0 cm³/mol. The Morgan fingerprint density at radius 1 is 1.11 bits per heavy atom. The highest BCUT2D eigenvalue weighted by Gasteiger charge is 2.13. The molecule has 2 rings (SSSR count). The maximum atomic E-state index is 11.3. The largest absolute Gasteiger partial charge is 0.478 e. The lowest BCUT2D eigenvalue weighted by Crippen LogP contribution is -2.25. The summed E-state index contributed by atoms with van der Waals surface area (Å²) in [5, 5.41) is 15.7. The Hall–Kier alpha value is -2.56. The Balaban J connectivity index is 2.57. The zero-order valence-electron chi connectivity index (χ0n) is 9.73. The van der Waals surface area contributed by atoms with Gasteiger partial charge in [-0.15, -0.1) is 0 Å². The number of urea groups is 1. The monoisotopic (exact) mass is 244 g/mol. The standard InChI is InChI=1S/C13H12N2O3/c1-14-13(18)15-11-7-9-5-3-2-4-8(9)6-10(11)12(16)17/h2-7H,1H3,(H,16,17)(H2,14,15,18). The fraction of sp³-hybridized carbons (Fsp3) is 0.0769. The summed E-state index contributed by atoms with van der Waals surface area (Å²) >= 11 is 0. The van der Waals surface area contributed by atoms with Crippen molar-refractivity contribution in [3.05, 3.63) is 42.0 Å². The molecule has 5 heteroatoms. The molecule has 0 bridgehead atoms. The minimum absolute atomic E-state index is 0.0669. The Bertz CT molecular complexity index is 623. The average molecular weight is 244 g/mol. The quantitative estimate of drug-likeness (QED) is 0.758. The summed E-state index contributed by atoms with van der Waals surface area (Å²) in [6.07, 6.45) is 0. The van der Waals surface area contributed by atoms with Gasteiger partial charge in [0, 0.05) is 7.05 Å². The number of anilines is 1. The molecule has 0 heterocycles. The second kappa shape index (κ2) is 4.75. The number of carboxylic acid groups (broad SMARTS) is 1. The minimum atomic E-state index is -1.08. The number of amides is 2. The molecule has 0 saturated heterocycles. The molecule has 0 fully saturated rings. The van der Waals surface area contributed by atoms with Gasteiger partial charge in [-0.2, -0.15) is 0 Å². The van der Waals surface area contributed by atoms with Crippen molar-refractivity contribution >= 4 is 28.5 Å². The molecule has 0 radical (unpaired) electrons. The number of benzene rings is 2. The minimum Gasteiger partial charge on any atom is -0.478 e. The van der Waals surface area contributed by atoms with Crippen LogP contribution in [0.3, 0.4) is 0 Å².